The highest BCUT2D eigenvalue weighted by atomic mass is 32.2. The summed E-state index contributed by atoms with van der Waals surface area (Å²) in [7, 11) is -3.80. The third-order valence-electron chi connectivity index (χ3n) is 4.92. The molecule has 0 saturated heterocycles. The number of rotatable bonds is 4. The fraction of sp³-hybridized carbons (Fsp3) is 0.160. The van der Waals surface area contributed by atoms with Crippen LogP contribution in [0.25, 0.3) is 5.76 Å². The van der Waals surface area contributed by atoms with Gasteiger partial charge in [0.1, 0.15) is 11.5 Å². The third kappa shape index (κ3) is 4.84. The number of esters is 1. The van der Waals surface area contributed by atoms with Crippen molar-refractivity contribution >= 4 is 27.4 Å². The van der Waals surface area contributed by atoms with Crippen molar-refractivity contribution in [1.82, 2.24) is 0 Å². The average molecular weight is 450 g/mol. The van der Waals surface area contributed by atoms with E-state index in [0.29, 0.717) is 28.3 Å². The fourth-order valence-electron chi connectivity index (χ4n) is 3.24. The minimum Gasteiger partial charge on any atom is -0.457 e. The Morgan fingerprint density at radius 3 is 2.31 bits per heavy atom. The zero-order chi connectivity index (χ0) is 22.9. The Kier molecular flexibility index (Phi) is 5.52. The van der Waals surface area contributed by atoms with Crippen LogP contribution < -0.4 is 9.46 Å². The van der Waals surface area contributed by atoms with E-state index in [1.54, 1.807) is 48.5 Å². The topological polar surface area (TPSA) is 81.7 Å². The lowest BCUT2D eigenvalue weighted by molar-refractivity contribution is 0.0692. The molecule has 0 bridgehead atoms. The van der Waals surface area contributed by atoms with Gasteiger partial charge in [-0.2, -0.15) is 0 Å². The summed E-state index contributed by atoms with van der Waals surface area (Å²) in [5.41, 5.74) is 2.12. The number of fused-ring (bicyclic) bond motifs is 1. The van der Waals surface area contributed by atoms with E-state index in [1.807, 2.05) is 24.3 Å². The van der Waals surface area contributed by atoms with Crippen LogP contribution in [0.5, 0.6) is 11.5 Å². The van der Waals surface area contributed by atoms with Crippen LogP contribution in [0.15, 0.2) is 78.2 Å². The fourth-order valence-corrected chi connectivity index (χ4v) is 4.24. The molecule has 0 aliphatic carbocycles. The van der Waals surface area contributed by atoms with E-state index in [1.165, 1.54) is 0 Å². The molecular formula is C25H23NO5S. The Morgan fingerprint density at radius 1 is 0.875 bits per heavy atom. The first-order valence-corrected chi connectivity index (χ1v) is 11.6. The maximum absolute atomic E-state index is 12.5. The molecule has 0 spiro atoms. The second-order valence-electron chi connectivity index (χ2n) is 8.47. The van der Waals surface area contributed by atoms with Crippen molar-refractivity contribution in [1.29, 1.82) is 0 Å². The molecule has 0 aromatic heterocycles. The van der Waals surface area contributed by atoms with Gasteiger partial charge in [-0.15, -0.1) is 0 Å². The van der Waals surface area contributed by atoms with Gasteiger partial charge in [0.05, 0.1) is 16.7 Å². The van der Waals surface area contributed by atoms with Gasteiger partial charge in [-0.05, 0) is 53.4 Å². The van der Waals surface area contributed by atoms with Gasteiger partial charge >= 0.3 is 5.97 Å². The van der Waals surface area contributed by atoms with Crippen molar-refractivity contribution < 1.29 is 22.7 Å². The number of benzene rings is 3. The first kappa shape index (κ1) is 21.6. The van der Waals surface area contributed by atoms with Crippen LogP contribution in [0.1, 0.15) is 42.3 Å². The van der Waals surface area contributed by atoms with Crippen molar-refractivity contribution in [2.75, 3.05) is 4.72 Å². The van der Waals surface area contributed by atoms with Crippen molar-refractivity contribution in [2.45, 2.75) is 26.2 Å². The molecule has 4 rings (SSSR count). The summed E-state index contributed by atoms with van der Waals surface area (Å²) in [5, 5.41) is 0.903. The van der Waals surface area contributed by atoms with E-state index in [2.05, 4.69) is 25.5 Å². The monoisotopic (exact) mass is 449 g/mol. The van der Waals surface area contributed by atoms with Crippen LogP contribution in [0.2, 0.25) is 0 Å². The zero-order valence-electron chi connectivity index (χ0n) is 18.0. The molecular weight excluding hydrogens is 426 g/mol. The zero-order valence-corrected chi connectivity index (χ0v) is 18.8. The number of carbonyl (C=O) groups is 1. The maximum Gasteiger partial charge on any atom is 0.343 e. The van der Waals surface area contributed by atoms with Gasteiger partial charge in [0.15, 0.2) is 5.76 Å². The van der Waals surface area contributed by atoms with Crippen molar-refractivity contribution in [2.24, 2.45) is 0 Å². The molecule has 0 fully saturated rings. The second-order valence-corrected chi connectivity index (χ2v) is 10.0. The largest absolute Gasteiger partial charge is 0.457 e. The van der Waals surface area contributed by atoms with Crippen LogP contribution in [0.3, 0.4) is 0 Å². The second kappa shape index (κ2) is 8.16. The lowest BCUT2D eigenvalue weighted by Gasteiger charge is -2.21. The molecule has 164 valence electrons. The molecule has 3 aromatic rings. The minimum atomic E-state index is -3.80. The quantitative estimate of drug-likeness (QED) is 0.518. The van der Waals surface area contributed by atoms with Crippen LogP contribution in [0, 0.1) is 0 Å². The molecule has 1 aliphatic rings. The molecule has 0 unspecified atom stereocenters. The Bertz CT molecular complexity index is 1310. The number of anilines is 1. The molecule has 1 heterocycles. The molecule has 1 N–H and O–H groups in total. The SMILES string of the molecule is CC(C)(C)c1cccc(Oc2ccc3c(c2)C(OC(=O)c2ccccc2)=CS(=O)(=O)N3)c1. The van der Waals surface area contributed by atoms with Crippen molar-refractivity contribution in [3.8, 4) is 11.5 Å². The number of hydrogen-bond donors (Lipinski definition) is 1. The molecule has 32 heavy (non-hydrogen) atoms. The molecule has 1 aliphatic heterocycles. The number of ether oxygens (including phenoxy) is 2. The van der Waals surface area contributed by atoms with Gasteiger partial charge in [0, 0.05) is 5.56 Å². The smallest absolute Gasteiger partial charge is 0.343 e. The highest BCUT2D eigenvalue weighted by molar-refractivity contribution is 7.95. The Labute approximate surface area is 187 Å². The van der Waals surface area contributed by atoms with Gasteiger partial charge in [0.25, 0.3) is 10.0 Å². The molecule has 0 amide bonds. The van der Waals surface area contributed by atoms with Gasteiger partial charge in [-0.3, -0.25) is 4.72 Å². The van der Waals surface area contributed by atoms with Gasteiger partial charge in [0.2, 0.25) is 0 Å². The van der Waals surface area contributed by atoms with E-state index in [9.17, 15) is 13.2 Å². The predicted molar refractivity (Wildman–Crippen MR) is 124 cm³/mol. The summed E-state index contributed by atoms with van der Waals surface area (Å²) in [5.74, 6) is 0.420. The van der Waals surface area contributed by atoms with Gasteiger partial charge in [-0.1, -0.05) is 51.1 Å². The highest BCUT2D eigenvalue weighted by Crippen LogP contribution is 2.36. The van der Waals surface area contributed by atoms with Crippen molar-refractivity contribution in [3.63, 3.8) is 0 Å². The van der Waals surface area contributed by atoms with E-state index < -0.39 is 16.0 Å². The maximum atomic E-state index is 12.5. The number of sulfonamides is 1. The summed E-state index contributed by atoms with van der Waals surface area (Å²) in [6, 6.07) is 21.1. The lowest BCUT2D eigenvalue weighted by atomic mass is 9.87. The van der Waals surface area contributed by atoms with Crippen molar-refractivity contribution in [3.05, 3.63) is 94.9 Å². The standard InChI is InChI=1S/C25H23NO5S/c1-25(2,3)18-10-7-11-19(14-18)30-20-12-13-22-21(15-20)23(16-32(28,29)26-22)31-24(27)17-8-5-4-6-9-17/h4-16,26H,1-3H3. The first-order chi connectivity index (χ1) is 15.1. The van der Waals surface area contributed by atoms with Crippen LogP contribution >= 0.6 is 0 Å². The van der Waals surface area contributed by atoms with Crippen LogP contribution in [-0.2, 0) is 20.2 Å². The Hall–Kier alpha value is -3.58. The normalized spacial score (nSPS) is 14.5. The number of nitrogens with one attached hydrogen (secondary N) is 1. The highest BCUT2D eigenvalue weighted by Gasteiger charge is 2.25. The average Bonchev–Trinajstić information content (AvgIpc) is 2.74. The predicted octanol–water partition coefficient (Wildman–Crippen LogP) is 5.69. The van der Waals surface area contributed by atoms with Crippen LogP contribution in [0.4, 0.5) is 5.69 Å². The van der Waals surface area contributed by atoms with E-state index in [0.717, 1.165) is 11.0 Å². The Balaban J connectivity index is 1.66. The van der Waals surface area contributed by atoms with Gasteiger partial charge in [-0.25, -0.2) is 13.2 Å². The molecule has 0 saturated carbocycles. The summed E-state index contributed by atoms with van der Waals surface area (Å²) < 4.78 is 38.4. The number of carbonyl (C=O) groups excluding carboxylic acids is 1. The van der Waals surface area contributed by atoms with E-state index in [-0.39, 0.29) is 11.2 Å². The molecule has 6 nitrogen and oxygen atoms in total. The summed E-state index contributed by atoms with van der Waals surface area (Å²) in [6.07, 6.45) is 0. The third-order valence-corrected chi connectivity index (χ3v) is 5.95. The van der Waals surface area contributed by atoms with Gasteiger partial charge < -0.3 is 9.47 Å². The Morgan fingerprint density at radius 2 is 1.59 bits per heavy atom. The molecule has 0 atom stereocenters. The molecule has 3 aromatic carbocycles. The first-order valence-electron chi connectivity index (χ1n) is 10.1. The van der Waals surface area contributed by atoms with E-state index >= 15 is 0 Å². The summed E-state index contributed by atoms with van der Waals surface area (Å²) in [6.45, 7) is 6.36. The summed E-state index contributed by atoms with van der Waals surface area (Å²) >= 11 is 0. The minimum absolute atomic E-state index is 0.0327. The lowest BCUT2D eigenvalue weighted by Crippen LogP contribution is -2.18. The van der Waals surface area contributed by atoms with Crippen LogP contribution in [-0.4, -0.2) is 14.4 Å². The number of hydrogen-bond acceptors (Lipinski definition) is 5. The summed E-state index contributed by atoms with van der Waals surface area (Å²) in [4.78, 5) is 12.5. The van der Waals surface area contributed by atoms with E-state index in [4.69, 9.17) is 9.47 Å². The molecule has 0 radical (unpaired) electrons. The molecule has 7 heteroatoms.